The number of hydrogen-bond donors (Lipinski definition) is 1. The van der Waals surface area contributed by atoms with Gasteiger partial charge in [-0.1, -0.05) is 24.3 Å². The number of para-hydroxylation sites is 1. The number of nitrogens with one attached hydrogen (secondary N) is 1. The average Bonchev–Trinajstić information content (AvgIpc) is 3.61. The molecule has 0 spiro atoms. The second kappa shape index (κ2) is 9.21. The Morgan fingerprint density at radius 2 is 1.89 bits per heavy atom. The van der Waals surface area contributed by atoms with Gasteiger partial charge >= 0.3 is 5.92 Å². The predicted octanol–water partition coefficient (Wildman–Crippen LogP) is 4.47. The lowest BCUT2D eigenvalue weighted by Gasteiger charge is -2.39. The molecule has 1 heterocycles. The Kier molecular flexibility index (Phi) is 6.60. The zero-order valence-electron chi connectivity index (χ0n) is 18.6. The number of halogens is 4. The molecular formula is C23H23F4N3O4S. The summed E-state index contributed by atoms with van der Waals surface area (Å²) in [7, 11) is -3.59. The smallest absolute Gasteiger partial charge is 0.309 e. The van der Waals surface area contributed by atoms with E-state index in [1.54, 1.807) is 18.2 Å². The van der Waals surface area contributed by atoms with Gasteiger partial charge in [0.25, 0.3) is 5.91 Å². The number of alkyl halides is 4. The van der Waals surface area contributed by atoms with E-state index in [2.05, 4.69) is 15.3 Å². The first-order valence-electron chi connectivity index (χ1n) is 10.9. The highest BCUT2D eigenvalue weighted by molar-refractivity contribution is 7.93. The Morgan fingerprint density at radius 3 is 2.46 bits per heavy atom. The van der Waals surface area contributed by atoms with Crippen molar-refractivity contribution in [3.8, 4) is 11.6 Å². The van der Waals surface area contributed by atoms with E-state index in [1.165, 1.54) is 12.1 Å². The molecule has 1 aromatic carbocycles. The van der Waals surface area contributed by atoms with E-state index < -0.39 is 70.0 Å². The summed E-state index contributed by atoms with van der Waals surface area (Å²) in [4.78, 5) is 20.6. The van der Waals surface area contributed by atoms with Crippen LogP contribution in [-0.4, -0.2) is 42.5 Å². The van der Waals surface area contributed by atoms with Gasteiger partial charge in [-0.05, 0) is 30.9 Å². The summed E-state index contributed by atoms with van der Waals surface area (Å²) < 4.78 is 84.9. The van der Waals surface area contributed by atoms with E-state index >= 15 is 0 Å². The number of amides is 1. The van der Waals surface area contributed by atoms with E-state index in [9.17, 15) is 30.8 Å². The third kappa shape index (κ3) is 6.16. The number of hydrogen-bond acceptors (Lipinski definition) is 6. The fraction of sp³-hybridized carbons (Fsp3) is 0.435. The minimum absolute atomic E-state index is 0.230. The number of sulfone groups is 1. The van der Waals surface area contributed by atoms with Crippen LogP contribution in [0.25, 0.3) is 0 Å². The molecule has 0 saturated heterocycles. The summed E-state index contributed by atoms with van der Waals surface area (Å²) in [5.41, 5.74) is -0.298. The van der Waals surface area contributed by atoms with Crippen molar-refractivity contribution >= 4 is 15.7 Å². The lowest BCUT2D eigenvalue weighted by atomic mass is 9.76. The number of rotatable bonds is 9. The fourth-order valence-electron chi connectivity index (χ4n) is 3.73. The van der Waals surface area contributed by atoms with Crippen LogP contribution < -0.4 is 10.1 Å². The van der Waals surface area contributed by atoms with Gasteiger partial charge in [-0.15, -0.1) is 0 Å². The van der Waals surface area contributed by atoms with Crippen molar-refractivity contribution in [2.75, 3.05) is 6.26 Å². The highest BCUT2D eigenvalue weighted by Gasteiger charge is 2.51. The van der Waals surface area contributed by atoms with Crippen molar-refractivity contribution in [2.24, 2.45) is 11.8 Å². The molecule has 4 rings (SSSR count). The molecule has 1 N–H and O–H groups in total. The number of aromatic nitrogens is 2. The molecule has 2 aliphatic rings. The first-order valence-corrected chi connectivity index (χ1v) is 12.8. The predicted molar refractivity (Wildman–Crippen MR) is 118 cm³/mol. The maximum absolute atomic E-state index is 14.6. The summed E-state index contributed by atoms with van der Waals surface area (Å²) in [6, 6.07) is 7.01. The number of benzene rings is 1. The standard InChI is InChI=1S/C23H23F4N3O4S/c1-35(32,33)10-9-18(14-11-22(24,25)12-14)29-19(31)17-13-28-21(23(26,27)15-7-8-15)30-20(17)34-16-5-3-2-4-6-16/h2-6,9-10,13-15,18H,7-8,11-12H2,1H3,(H,29,31)/b10-9+. The first-order chi connectivity index (χ1) is 16.3. The maximum Gasteiger partial charge on any atom is 0.309 e. The van der Waals surface area contributed by atoms with Crippen molar-refractivity contribution in [1.29, 1.82) is 0 Å². The van der Waals surface area contributed by atoms with Crippen LogP contribution in [0.1, 0.15) is 41.9 Å². The van der Waals surface area contributed by atoms with Gasteiger partial charge in [-0.2, -0.15) is 13.8 Å². The molecule has 7 nitrogen and oxygen atoms in total. The summed E-state index contributed by atoms with van der Waals surface area (Å²) in [6.07, 6.45) is 2.53. The molecule has 12 heteroatoms. The Morgan fingerprint density at radius 1 is 1.23 bits per heavy atom. The Labute approximate surface area is 199 Å². The van der Waals surface area contributed by atoms with Crippen LogP contribution in [0.15, 0.2) is 48.0 Å². The molecule has 0 bridgehead atoms. The minimum Gasteiger partial charge on any atom is -0.438 e. The van der Waals surface area contributed by atoms with Crippen molar-refractivity contribution < 1.29 is 35.5 Å². The van der Waals surface area contributed by atoms with E-state index in [0.717, 1.165) is 23.9 Å². The molecule has 0 aliphatic heterocycles. The molecule has 1 atom stereocenters. The largest absolute Gasteiger partial charge is 0.438 e. The molecule has 1 aromatic heterocycles. The molecule has 0 radical (unpaired) electrons. The summed E-state index contributed by atoms with van der Waals surface area (Å²) in [6.45, 7) is 0. The molecule has 2 saturated carbocycles. The van der Waals surface area contributed by atoms with Crippen LogP contribution in [0, 0.1) is 11.8 Å². The van der Waals surface area contributed by atoms with Gasteiger partial charge in [0.15, 0.2) is 9.84 Å². The second-order valence-electron chi connectivity index (χ2n) is 8.91. The van der Waals surface area contributed by atoms with Crippen molar-refractivity contribution in [3.05, 3.63) is 59.4 Å². The van der Waals surface area contributed by atoms with Gasteiger partial charge in [0, 0.05) is 36.6 Å². The van der Waals surface area contributed by atoms with E-state index in [-0.39, 0.29) is 11.3 Å². The van der Waals surface area contributed by atoms with Crippen LogP contribution >= 0.6 is 0 Å². The zero-order chi connectivity index (χ0) is 25.4. The number of carbonyl (C=O) groups excluding carboxylic acids is 1. The molecule has 1 unspecified atom stereocenters. The van der Waals surface area contributed by atoms with Crippen molar-refractivity contribution in [1.82, 2.24) is 15.3 Å². The minimum atomic E-state index is -3.59. The summed E-state index contributed by atoms with van der Waals surface area (Å²) in [5, 5.41) is 3.32. The van der Waals surface area contributed by atoms with Gasteiger partial charge in [-0.3, -0.25) is 4.79 Å². The summed E-state index contributed by atoms with van der Waals surface area (Å²) in [5.74, 6) is -9.68. The molecule has 2 aromatic rings. The topological polar surface area (TPSA) is 98.2 Å². The highest BCUT2D eigenvalue weighted by atomic mass is 32.2. The molecular weight excluding hydrogens is 490 g/mol. The van der Waals surface area contributed by atoms with Gasteiger partial charge in [0.2, 0.25) is 17.6 Å². The Balaban J connectivity index is 1.64. The SMILES string of the molecule is CS(=O)(=O)/C=C/C(NC(=O)c1cnc(C(F)(F)C2CC2)nc1Oc1ccccc1)C1CC(F)(F)C1. The van der Waals surface area contributed by atoms with E-state index in [1.807, 2.05) is 0 Å². The van der Waals surface area contributed by atoms with Crippen LogP contribution in [0.4, 0.5) is 17.6 Å². The number of nitrogens with zero attached hydrogens (tertiary/aromatic N) is 2. The Hall–Kier alpha value is -3.02. The van der Waals surface area contributed by atoms with Crippen LogP contribution in [0.3, 0.4) is 0 Å². The van der Waals surface area contributed by atoms with Crippen molar-refractivity contribution in [2.45, 2.75) is 43.6 Å². The van der Waals surface area contributed by atoms with Crippen LogP contribution in [-0.2, 0) is 15.8 Å². The zero-order valence-corrected chi connectivity index (χ0v) is 19.4. The molecule has 2 aliphatic carbocycles. The molecule has 35 heavy (non-hydrogen) atoms. The van der Waals surface area contributed by atoms with E-state index in [4.69, 9.17) is 4.74 Å². The maximum atomic E-state index is 14.6. The number of carbonyl (C=O) groups is 1. The monoisotopic (exact) mass is 513 g/mol. The normalized spacial score (nSPS) is 19.2. The number of ether oxygens (including phenoxy) is 1. The quantitative estimate of drug-likeness (QED) is 0.497. The van der Waals surface area contributed by atoms with Crippen molar-refractivity contribution in [3.63, 3.8) is 0 Å². The van der Waals surface area contributed by atoms with Gasteiger partial charge in [0.1, 0.15) is 11.3 Å². The third-order valence-electron chi connectivity index (χ3n) is 5.80. The molecule has 188 valence electrons. The van der Waals surface area contributed by atoms with Crippen LogP contribution in [0.2, 0.25) is 0 Å². The van der Waals surface area contributed by atoms with Gasteiger partial charge < -0.3 is 10.1 Å². The fourth-order valence-corrected chi connectivity index (χ4v) is 4.18. The highest BCUT2D eigenvalue weighted by Crippen LogP contribution is 2.49. The van der Waals surface area contributed by atoms with Gasteiger partial charge in [-0.25, -0.2) is 22.2 Å². The lowest BCUT2D eigenvalue weighted by Crippen LogP contribution is -2.49. The van der Waals surface area contributed by atoms with Crippen LogP contribution in [0.5, 0.6) is 11.6 Å². The summed E-state index contributed by atoms with van der Waals surface area (Å²) >= 11 is 0. The van der Waals surface area contributed by atoms with E-state index in [0.29, 0.717) is 12.8 Å². The third-order valence-corrected chi connectivity index (χ3v) is 6.46. The van der Waals surface area contributed by atoms with Gasteiger partial charge in [0.05, 0.1) is 6.04 Å². The second-order valence-corrected chi connectivity index (χ2v) is 10.8. The average molecular weight is 514 g/mol. The molecule has 2 fully saturated rings. The molecule has 1 amide bonds. The lowest BCUT2D eigenvalue weighted by molar-refractivity contribution is -0.114. The first kappa shape index (κ1) is 25.1. The Bertz CT molecular complexity index is 1230.